The van der Waals surface area contributed by atoms with Crippen LogP contribution in [0.3, 0.4) is 0 Å². The van der Waals surface area contributed by atoms with Crippen LogP contribution in [0.1, 0.15) is 10.4 Å². The molecule has 0 unspecified atom stereocenters. The molecule has 2 aromatic carbocycles. The van der Waals surface area contributed by atoms with Crippen molar-refractivity contribution < 1.29 is 14.3 Å². The molecule has 0 N–H and O–H groups in total. The zero-order chi connectivity index (χ0) is 17.1. The van der Waals surface area contributed by atoms with Gasteiger partial charge in [0, 0.05) is 4.47 Å². The molecule has 2 amide bonds. The highest BCUT2D eigenvalue weighted by Crippen LogP contribution is 2.34. The first-order valence-electron chi connectivity index (χ1n) is 7.08. The molecule has 122 valence electrons. The summed E-state index contributed by atoms with van der Waals surface area (Å²) in [6, 6.07) is 14.2. The Hall–Kier alpha value is -2.12. The third-order valence-electron chi connectivity index (χ3n) is 3.39. The van der Waals surface area contributed by atoms with Crippen molar-refractivity contribution in [1.29, 1.82) is 0 Å². The number of nitrogens with zero attached hydrogens (tertiary/aromatic N) is 2. The van der Waals surface area contributed by atoms with Crippen LogP contribution in [0, 0.1) is 0 Å². The van der Waals surface area contributed by atoms with Gasteiger partial charge in [-0.2, -0.15) is 4.99 Å². The summed E-state index contributed by atoms with van der Waals surface area (Å²) in [6.07, 6.45) is 0. The van der Waals surface area contributed by atoms with Crippen LogP contribution in [0.5, 0.6) is 5.75 Å². The van der Waals surface area contributed by atoms with E-state index >= 15 is 0 Å². The van der Waals surface area contributed by atoms with E-state index in [0.717, 1.165) is 0 Å². The van der Waals surface area contributed by atoms with Gasteiger partial charge in [0.1, 0.15) is 5.75 Å². The van der Waals surface area contributed by atoms with Crippen LogP contribution < -0.4 is 9.64 Å². The number of benzene rings is 2. The van der Waals surface area contributed by atoms with Crippen molar-refractivity contribution in [2.24, 2.45) is 4.99 Å². The maximum absolute atomic E-state index is 12.5. The van der Waals surface area contributed by atoms with Crippen molar-refractivity contribution in [3.63, 3.8) is 0 Å². The summed E-state index contributed by atoms with van der Waals surface area (Å²) in [4.78, 5) is 30.3. The van der Waals surface area contributed by atoms with Gasteiger partial charge >= 0.3 is 0 Å². The second kappa shape index (κ2) is 7.19. The first-order valence-corrected chi connectivity index (χ1v) is 8.86. The molecule has 7 heteroatoms. The highest BCUT2D eigenvalue weighted by atomic mass is 79.9. The highest BCUT2D eigenvalue weighted by Gasteiger charge is 2.32. The quantitative estimate of drug-likeness (QED) is 0.781. The molecule has 0 aliphatic carbocycles. The molecule has 2 aromatic rings. The van der Waals surface area contributed by atoms with E-state index in [1.165, 1.54) is 23.8 Å². The van der Waals surface area contributed by atoms with Crippen molar-refractivity contribution in [2.75, 3.05) is 17.8 Å². The lowest BCUT2D eigenvalue weighted by Gasteiger charge is -2.18. The van der Waals surface area contributed by atoms with Crippen molar-refractivity contribution in [3.05, 3.63) is 58.6 Å². The molecule has 24 heavy (non-hydrogen) atoms. The van der Waals surface area contributed by atoms with Crippen LogP contribution in [0.25, 0.3) is 0 Å². The third-order valence-corrected chi connectivity index (χ3v) is 5.01. The van der Waals surface area contributed by atoms with Crippen LogP contribution in [0.2, 0.25) is 0 Å². The molecule has 0 atom stereocenters. The van der Waals surface area contributed by atoms with Crippen LogP contribution >= 0.6 is 27.7 Å². The number of thioether (sulfide) groups is 1. The molecule has 0 saturated carbocycles. The van der Waals surface area contributed by atoms with Crippen molar-refractivity contribution >= 4 is 50.4 Å². The van der Waals surface area contributed by atoms with Crippen LogP contribution in [-0.2, 0) is 4.79 Å². The van der Waals surface area contributed by atoms with Gasteiger partial charge < -0.3 is 4.74 Å². The number of hydrogen-bond acceptors (Lipinski definition) is 4. The first kappa shape index (κ1) is 16.7. The largest absolute Gasteiger partial charge is 0.495 e. The Morgan fingerprint density at radius 3 is 2.67 bits per heavy atom. The van der Waals surface area contributed by atoms with E-state index in [4.69, 9.17) is 4.74 Å². The van der Waals surface area contributed by atoms with Crippen LogP contribution in [0.15, 0.2) is 58.0 Å². The molecular weight excluding hydrogens is 392 g/mol. The van der Waals surface area contributed by atoms with Gasteiger partial charge in [-0.05, 0) is 40.2 Å². The van der Waals surface area contributed by atoms with E-state index in [2.05, 4.69) is 20.9 Å². The van der Waals surface area contributed by atoms with Gasteiger partial charge in [-0.15, -0.1) is 0 Å². The number of para-hydroxylation sites is 2. The lowest BCUT2D eigenvalue weighted by molar-refractivity contribution is -0.115. The van der Waals surface area contributed by atoms with Gasteiger partial charge in [-0.3, -0.25) is 14.5 Å². The highest BCUT2D eigenvalue weighted by molar-refractivity contribution is 9.10. The van der Waals surface area contributed by atoms with E-state index in [0.29, 0.717) is 26.6 Å². The SMILES string of the molecule is COc1ccccc1N1C(=O)CSC1=NC(=O)c1ccccc1Br. The van der Waals surface area contributed by atoms with Gasteiger partial charge in [0.2, 0.25) is 5.91 Å². The smallest absolute Gasteiger partial charge is 0.280 e. The Kier molecular flexibility index (Phi) is 5.01. The Morgan fingerprint density at radius 2 is 1.92 bits per heavy atom. The Labute approximate surface area is 151 Å². The molecule has 1 heterocycles. The molecule has 0 spiro atoms. The second-order valence-corrected chi connectivity index (χ2v) is 6.67. The molecule has 1 saturated heterocycles. The van der Waals surface area contributed by atoms with Gasteiger partial charge in [-0.25, -0.2) is 0 Å². The summed E-state index contributed by atoms with van der Waals surface area (Å²) in [5, 5.41) is 0.352. The standard InChI is InChI=1S/C17H13BrN2O3S/c1-23-14-9-5-4-8-13(14)20-15(21)10-24-17(20)19-16(22)11-6-2-3-7-12(11)18/h2-9H,10H2,1H3. The summed E-state index contributed by atoms with van der Waals surface area (Å²) < 4.78 is 5.98. The maximum Gasteiger partial charge on any atom is 0.280 e. The number of carbonyl (C=O) groups is 2. The van der Waals surface area contributed by atoms with Crippen molar-refractivity contribution in [2.45, 2.75) is 0 Å². The van der Waals surface area contributed by atoms with Gasteiger partial charge in [0.25, 0.3) is 5.91 Å². The molecule has 0 bridgehead atoms. The van der Waals surface area contributed by atoms with E-state index < -0.39 is 5.91 Å². The fourth-order valence-corrected chi connectivity index (χ4v) is 3.59. The molecule has 3 rings (SSSR count). The zero-order valence-corrected chi connectivity index (χ0v) is 15.1. The average molecular weight is 405 g/mol. The molecule has 0 radical (unpaired) electrons. The monoisotopic (exact) mass is 404 g/mol. The van der Waals surface area contributed by atoms with Crippen molar-refractivity contribution in [1.82, 2.24) is 0 Å². The number of aliphatic imine (C=N–C) groups is 1. The summed E-state index contributed by atoms with van der Waals surface area (Å²) in [5.74, 6) is 0.247. The van der Waals surface area contributed by atoms with Crippen molar-refractivity contribution in [3.8, 4) is 5.75 Å². The number of hydrogen-bond donors (Lipinski definition) is 0. The van der Waals surface area contributed by atoms with Gasteiger partial charge in [0.05, 0.1) is 24.1 Å². The second-order valence-electron chi connectivity index (χ2n) is 4.87. The molecule has 1 aliphatic heterocycles. The van der Waals surface area contributed by atoms with Crippen LogP contribution in [0.4, 0.5) is 5.69 Å². The number of methoxy groups -OCH3 is 1. The number of carbonyl (C=O) groups excluding carboxylic acids is 2. The summed E-state index contributed by atoms with van der Waals surface area (Å²) in [5.41, 5.74) is 1.03. The Bertz CT molecular complexity index is 838. The minimum absolute atomic E-state index is 0.136. The average Bonchev–Trinajstić information content (AvgIpc) is 2.95. The van der Waals surface area contributed by atoms with E-state index in [9.17, 15) is 9.59 Å². The zero-order valence-electron chi connectivity index (χ0n) is 12.7. The molecule has 1 fully saturated rings. The topological polar surface area (TPSA) is 59.0 Å². The van der Waals surface area contributed by atoms with Gasteiger partial charge in [-0.1, -0.05) is 36.0 Å². The fraction of sp³-hybridized carbons (Fsp3) is 0.118. The van der Waals surface area contributed by atoms with E-state index in [-0.39, 0.29) is 11.7 Å². The van der Waals surface area contributed by atoms with E-state index in [1.807, 2.05) is 12.1 Å². The molecule has 5 nitrogen and oxygen atoms in total. The summed E-state index contributed by atoms with van der Waals surface area (Å²) >= 11 is 4.58. The molecule has 1 aliphatic rings. The summed E-state index contributed by atoms with van der Waals surface area (Å²) in [7, 11) is 1.54. The number of rotatable bonds is 3. The number of amidine groups is 1. The lowest BCUT2D eigenvalue weighted by Crippen LogP contribution is -2.30. The predicted octanol–water partition coefficient (Wildman–Crippen LogP) is 3.73. The minimum Gasteiger partial charge on any atom is -0.495 e. The molecular formula is C17H13BrN2O3S. The minimum atomic E-state index is -0.403. The van der Waals surface area contributed by atoms with Gasteiger partial charge in [0.15, 0.2) is 5.17 Å². The predicted molar refractivity (Wildman–Crippen MR) is 98.8 cm³/mol. The third kappa shape index (κ3) is 3.22. The number of halogens is 1. The Balaban J connectivity index is 1.99. The fourth-order valence-electron chi connectivity index (χ4n) is 2.28. The normalized spacial score (nSPS) is 15.8. The van der Waals surface area contributed by atoms with E-state index in [1.54, 1.807) is 36.4 Å². The number of ether oxygens (including phenoxy) is 1. The lowest BCUT2D eigenvalue weighted by atomic mass is 10.2. The number of anilines is 1. The molecule has 0 aromatic heterocycles. The first-order chi connectivity index (χ1) is 11.6. The Morgan fingerprint density at radius 1 is 1.21 bits per heavy atom. The summed E-state index contributed by atoms with van der Waals surface area (Å²) in [6.45, 7) is 0. The maximum atomic E-state index is 12.5. The number of amides is 2. The van der Waals surface area contributed by atoms with Crippen LogP contribution in [-0.4, -0.2) is 29.8 Å².